The van der Waals surface area contributed by atoms with Crippen molar-refractivity contribution in [2.75, 3.05) is 6.61 Å². The molecule has 1 N–H and O–H groups in total. The second-order valence-electron chi connectivity index (χ2n) is 3.07. The van der Waals surface area contributed by atoms with Gasteiger partial charge in [-0.1, -0.05) is 18.5 Å². The molecule has 0 radical (unpaired) electrons. The number of nitrogens with zero attached hydrogens (tertiary/aromatic N) is 2. The monoisotopic (exact) mass is 188 g/mol. The normalized spacial score (nSPS) is 13.3. The maximum atomic E-state index is 8.80. The third kappa shape index (κ3) is 2.22. The van der Waals surface area contributed by atoms with E-state index in [0.717, 1.165) is 5.69 Å². The van der Waals surface area contributed by atoms with Gasteiger partial charge < -0.3 is 5.11 Å². The number of halogens is 1. The molecule has 0 bridgehead atoms. The van der Waals surface area contributed by atoms with Gasteiger partial charge in [-0.3, -0.25) is 4.68 Å². The molecule has 0 aliphatic carbocycles. The molecule has 1 atom stereocenters. The van der Waals surface area contributed by atoms with E-state index in [1.165, 1.54) is 0 Å². The fraction of sp³-hybridized carbons (Fsp3) is 0.625. The highest BCUT2D eigenvalue weighted by atomic mass is 35.5. The summed E-state index contributed by atoms with van der Waals surface area (Å²) in [6.07, 6.45) is 1.78. The number of hydrogen-bond donors (Lipinski definition) is 1. The van der Waals surface area contributed by atoms with Crippen molar-refractivity contribution < 1.29 is 5.11 Å². The van der Waals surface area contributed by atoms with Crippen LogP contribution in [0.4, 0.5) is 0 Å². The first-order chi connectivity index (χ1) is 5.63. The van der Waals surface area contributed by atoms with Crippen LogP contribution in [0.2, 0.25) is 5.02 Å². The zero-order chi connectivity index (χ0) is 9.14. The molecule has 0 aliphatic rings. The summed E-state index contributed by atoms with van der Waals surface area (Å²) in [6.45, 7) is 4.72. The molecule has 0 aromatic carbocycles. The molecule has 0 aliphatic heterocycles. The predicted molar refractivity (Wildman–Crippen MR) is 48.2 cm³/mol. The standard InChI is InChI=1S/C8H13ClN2O/c1-6(5-12)3-11-4-8(9)7(2)10-11/h4,6,12H,3,5H2,1-2H3. The molecule has 0 saturated heterocycles. The topological polar surface area (TPSA) is 38.0 Å². The summed E-state index contributed by atoms with van der Waals surface area (Å²) < 4.78 is 1.76. The Morgan fingerprint density at radius 1 is 1.75 bits per heavy atom. The van der Waals surface area contributed by atoms with Gasteiger partial charge in [0.05, 0.1) is 10.7 Å². The number of hydrogen-bond acceptors (Lipinski definition) is 2. The first-order valence-electron chi connectivity index (χ1n) is 3.94. The predicted octanol–water partition coefficient (Wildman–Crippen LogP) is 1.47. The van der Waals surface area contributed by atoms with E-state index < -0.39 is 0 Å². The minimum Gasteiger partial charge on any atom is -0.396 e. The summed E-state index contributed by atoms with van der Waals surface area (Å²) >= 11 is 5.81. The highest BCUT2D eigenvalue weighted by molar-refractivity contribution is 6.31. The van der Waals surface area contributed by atoms with E-state index >= 15 is 0 Å². The van der Waals surface area contributed by atoms with Crippen molar-refractivity contribution in [3.63, 3.8) is 0 Å². The fourth-order valence-corrected chi connectivity index (χ4v) is 1.11. The molecule has 12 heavy (non-hydrogen) atoms. The molecule has 1 rings (SSSR count). The van der Waals surface area contributed by atoms with Gasteiger partial charge in [-0.15, -0.1) is 0 Å². The lowest BCUT2D eigenvalue weighted by Gasteiger charge is -2.06. The van der Waals surface area contributed by atoms with Crippen LogP contribution in [0.1, 0.15) is 12.6 Å². The maximum Gasteiger partial charge on any atom is 0.0814 e. The number of aryl methyl sites for hydroxylation is 1. The van der Waals surface area contributed by atoms with Gasteiger partial charge in [-0.05, 0) is 12.8 Å². The molecule has 68 valence electrons. The maximum absolute atomic E-state index is 8.80. The molecule has 0 fully saturated rings. The van der Waals surface area contributed by atoms with Gasteiger partial charge >= 0.3 is 0 Å². The Kier molecular flexibility index (Phi) is 3.12. The van der Waals surface area contributed by atoms with E-state index in [2.05, 4.69) is 5.10 Å². The molecular weight excluding hydrogens is 176 g/mol. The Morgan fingerprint density at radius 2 is 2.42 bits per heavy atom. The Bertz CT molecular complexity index is 240. The van der Waals surface area contributed by atoms with Crippen LogP contribution >= 0.6 is 11.6 Å². The Hall–Kier alpha value is -0.540. The first-order valence-corrected chi connectivity index (χ1v) is 4.31. The second kappa shape index (κ2) is 3.92. The zero-order valence-electron chi connectivity index (χ0n) is 7.29. The van der Waals surface area contributed by atoms with E-state index in [0.29, 0.717) is 11.6 Å². The largest absolute Gasteiger partial charge is 0.396 e. The highest BCUT2D eigenvalue weighted by Gasteiger charge is 2.05. The lowest BCUT2D eigenvalue weighted by molar-refractivity contribution is 0.219. The van der Waals surface area contributed by atoms with Crippen LogP contribution in [0.5, 0.6) is 0 Å². The molecule has 1 heterocycles. The number of aliphatic hydroxyl groups is 1. The van der Waals surface area contributed by atoms with Crippen LogP contribution in [0.15, 0.2) is 6.20 Å². The van der Waals surface area contributed by atoms with Crippen LogP contribution in [-0.4, -0.2) is 21.5 Å². The average molecular weight is 189 g/mol. The van der Waals surface area contributed by atoms with Crippen molar-refractivity contribution >= 4 is 11.6 Å². The van der Waals surface area contributed by atoms with E-state index in [4.69, 9.17) is 16.7 Å². The highest BCUT2D eigenvalue weighted by Crippen LogP contribution is 2.12. The van der Waals surface area contributed by atoms with Crippen molar-refractivity contribution in [3.8, 4) is 0 Å². The van der Waals surface area contributed by atoms with Gasteiger partial charge in [0, 0.05) is 19.3 Å². The van der Waals surface area contributed by atoms with Crippen molar-refractivity contribution in [2.45, 2.75) is 20.4 Å². The molecule has 1 aromatic rings. The quantitative estimate of drug-likeness (QED) is 0.780. The first kappa shape index (κ1) is 9.55. The van der Waals surface area contributed by atoms with Gasteiger partial charge in [-0.25, -0.2) is 0 Å². The van der Waals surface area contributed by atoms with E-state index in [1.807, 2.05) is 13.8 Å². The molecule has 1 unspecified atom stereocenters. The summed E-state index contributed by atoms with van der Waals surface area (Å²) in [7, 11) is 0. The summed E-state index contributed by atoms with van der Waals surface area (Å²) in [5, 5.41) is 13.7. The summed E-state index contributed by atoms with van der Waals surface area (Å²) in [5.41, 5.74) is 0.835. The smallest absolute Gasteiger partial charge is 0.0814 e. The molecule has 0 amide bonds. The van der Waals surface area contributed by atoms with Gasteiger partial charge in [0.25, 0.3) is 0 Å². The van der Waals surface area contributed by atoms with E-state index in [-0.39, 0.29) is 12.5 Å². The average Bonchev–Trinajstić information content (AvgIpc) is 2.31. The Labute approximate surface area is 77.0 Å². The summed E-state index contributed by atoms with van der Waals surface area (Å²) in [5.74, 6) is 0.223. The summed E-state index contributed by atoms with van der Waals surface area (Å²) in [4.78, 5) is 0. The molecule has 0 spiro atoms. The van der Waals surface area contributed by atoms with Gasteiger partial charge in [-0.2, -0.15) is 5.10 Å². The lowest BCUT2D eigenvalue weighted by Crippen LogP contribution is -2.11. The number of aromatic nitrogens is 2. The van der Waals surface area contributed by atoms with Crippen molar-refractivity contribution in [3.05, 3.63) is 16.9 Å². The minimum atomic E-state index is 0.177. The molecule has 1 aromatic heterocycles. The number of rotatable bonds is 3. The van der Waals surface area contributed by atoms with Gasteiger partial charge in [0.2, 0.25) is 0 Å². The van der Waals surface area contributed by atoms with Crippen LogP contribution < -0.4 is 0 Å². The Balaban J connectivity index is 2.64. The lowest BCUT2D eigenvalue weighted by atomic mass is 10.2. The molecule has 0 saturated carbocycles. The second-order valence-corrected chi connectivity index (χ2v) is 3.48. The third-order valence-electron chi connectivity index (χ3n) is 1.70. The molecule has 3 nitrogen and oxygen atoms in total. The van der Waals surface area contributed by atoms with Crippen molar-refractivity contribution in [2.24, 2.45) is 5.92 Å². The Morgan fingerprint density at radius 3 is 2.83 bits per heavy atom. The van der Waals surface area contributed by atoms with Crippen LogP contribution in [0.25, 0.3) is 0 Å². The van der Waals surface area contributed by atoms with Gasteiger partial charge in [0.15, 0.2) is 0 Å². The molecular formula is C8H13ClN2O. The van der Waals surface area contributed by atoms with Crippen LogP contribution in [0.3, 0.4) is 0 Å². The summed E-state index contributed by atoms with van der Waals surface area (Å²) in [6, 6.07) is 0. The van der Waals surface area contributed by atoms with E-state index in [1.54, 1.807) is 10.9 Å². The van der Waals surface area contributed by atoms with Crippen molar-refractivity contribution in [1.29, 1.82) is 0 Å². The van der Waals surface area contributed by atoms with Crippen LogP contribution in [0, 0.1) is 12.8 Å². The fourth-order valence-electron chi connectivity index (χ4n) is 0.964. The minimum absolute atomic E-state index is 0.177. The number of aliphatic hydroxyl groups excluding tert-OH is 1. The van der Waals surface area contributed by atoms with Crippen LogP contribution in [-0.2, 0) is 6.54 Å². The van der Waals surface area contributed by atoms with Crippen molar-refractivity contribution in [1.82, 2.24) is 9.78 Å². The van der Waals surface area contributed by atoms with E-state index in [9.17, 15) is 0 Å². The van der Waals surface area contributed by atoms with Gasteiger partial charge in [0.1, 0.15) is 0 Å². The zero-order valence-corrected chi connectivity index (χ0v) is 8.04. The molecule has 4 heteroatoms. The SMILES string of the molecule is Cc1nn(CC(C)CO)cc1Cl. The third-order valence-corrected chi connectivity index (χ3v) is 2.07.